The van der Waals surface area contributed by atoms with Crippen LogP contribution in [0.3, 0.4) is 0 Å². The van der Waals surface area contributed by atoms with Gasteiger partial charge in [-0.15, -0.1) is 0 Å². The van der Waals surface area contributed by atoms with Crippen LogP contribution in [-0.4, -0.2) is 47.1 Å². The Morgan fingerprint density at radius 2 is 2.00 bits per heavy atom. The summed E-state index contributed by atoms with van der Waals surface area (Å²) in [6.07, 6.45) is 0. The molecule has 0 saturated heterocycles. The summed E-state index contributed by atoms with van der Waals surface area (Å²) < 4.78 is 0. The van der Waals surface area contributed by atoms with Crippen LogP contribution in [0, 0.1) is 6.92 Å². The van der Waals surface area contributed by atoms with Gasteiger partial charge in [0, 0.05) is 18.7 Å². The zero-order chi connectivity index (χ0) is 16.0. The number of amides is 2. The van der Waals surface area contributed by atoms with Gasteiger partial charge in [0.2, 0.25) is 5.91 Å². The van der Waals surface area contributed by atoms with Crippen LogP contribution in [-0.2, 0) is 4.79 Å². The number of carbonyl (C=O) groups excluding carboxylic acids is 2. The molecule has 116 valence electrons. The number of likely N-dealkylation sites (N-methyl/N-ethyl adjacent to an activating group) is 1. The summed E-state index contributed by atoms with van der Waals surface area (Å²) in [6.45, 7) is 7.70. The molecule has 21 heavy (non-hydrogen) atoms. The molecular weight excluding hydrogens is 268 g/mol. The highest BCUT2D eigenvalue weighted by Crippen LogP contribution is 2.06. The van der Waals surface area contributed by atoms with Gasteiger partial charge in [0.25, 0.3) is 5.91 Å². The van der Waals surface area contributed by atoms with E-state index in [1.807, 2.05) is 19.9 Å². The van der Waals surface area contributed by atoms with E-state index in [0.717, 1.165) is 5.56 Å². The van der Waals surface area contributed by atoms with Crippen LogP contribution in [0.25, 0.3) is 0 Å². The van der Waals surface area contributed by atoms with E-state index in [4.69, 9.17) is 0 Å². The van der Waals surface area contributed by atoms with E-state index in [0.29, 0.717) is 12.1 Å². The Labute approximate surface area is 126 Å². The zero-order valence-corrected chi connectivity index (χ0v) is 13.1. The third-order valence-electron chi connectivity index (χ3n) is 2.99. The summed E-state index contributed by atoms with van der Waals surface area (Å²) in [6, 6.07) is 7.19. The average Bonchev–Trinajstić information content (AvgIpc) is 2.40. The van der Waals surface area contributed by atoms with Gasteiger partial charge in [-0.05, 0) is 39.8 Å². The lowest BCUT2D eigenvalue weighted by atomic mass is 10.1. The maximum absolute atomic E-state index is 12.1. The van der Waals surface area contributed by atoms with Crippen molar-refractivity contribution in [2.45, 2.75) is 33.3 Å². The number of nitrogens with zero attached hydrogens (tertiary/aromatic N) is 1. The highest BCUT2D eigenvalue weighted by molar-refractivity contribution is 5.96. The maximum atomic E-state index is 12.1. The molecule has 0 aliphatic rings. The van der Waals surface area contributed by atoms with Crippen molar-refractivity contribution in [3.05, 3.63) is 35.4 Å². The summed E-state index contributed by atoms with van der Waals surface area (Å²) in [4.78, 5) is 25.5. The molecule has 1 rings (SSSR count). The van der Waals surface area contributed by atoms with E-state index in [1.54, 1.807) is 32.0 Å². The smallest absolute Gasteiger partial charge is 0.251 e. The zero-order valence-electron chi connectivity index (χ0n) is 13.1. The molecule has 0 heterocycles. The average molecular weight is 292 g/mol. The first-order chi connectivity index (χ1) is 9.73. The van der Waals surface area contributed by atoms with Crippen LogP contribution in [0.4, 0.5) is 0 Å². The highest BCUT2D eigenvalue weighted by Gasteiger charge is 2.21. The van der Waals surface area contributed by atoms with E-state index < -0.39 is 5.60 Å². The Kier molecular flexibility index (Phi) is 5.90. The van der Waals surface area contributed by atoms with Gasteiger partial charge >= 0.3 is 0 Å². The molecule has 2 N–H and O–H groups in total. The summed E-state index contributed by atoms with van der Waals surface area (Å²) >= 11 is 0. The molecule has 0 unspecified atom stereocenters. The van der Waals surface area contributed by atoms with Gasteiger partial charge in [0.05, 0.1) is 12.1 Å². The van der Waals surface area contributed by atoms with Gasteiger partial charge in [-0.2, -0.15) is 0 Å². The monoisotopic (exact) mass is 292 g/mol. The first-order valence-corrected chi connectivity index (χ1v) is 7.08. The van der Waals surface area contributed by atoms with Crippen molar-refractivity contribution in [1.29, 1.82) is 0 Å². The van der Waals surface area contributed by atoms with E-state index in [2.05, 4.69) is 5.32 Å². The van der Waals surface area contributed by atoms with Crippen LogP contribution < -0.4 is 5.32 Å². The fourth-order valence-corrected chi connectivity index (χ4v) is 2.00. The maximum Gasteiger partial charge on any atom is 0.251 e. The molecular formula is C16H24N2O3. The topological polar surface area (TPSA) is 69.6 Å². The molecule has 5 heteroatoms. The van der Waals surface area contributed by atoms with Crippen molar-refractivity contribution in [3.63, 3.8) is 0 Å². The SMILES string of the molecule is CCN(CC(C)(C)O)C(=O)CNC(=O)c1cccc(C)c1. The second-order valence-electron chi connectivity index (χ2n) is 5.77. The van der Waals surface area contributed by atoms with Gasteiger partial charge in [0.1, 0.15) is 0 Å². The van der Waals surface area contributed by atoms with Crippen molar-refractivity contribution in [1.82, 2.24) is 10.2 Å². The van der Waals surface area contributed by atoms with Gasteiger partial charge in [-0.3, -0.25) is 9.59 Å². The lowest BCUT2D eigenvalue weighted by Gasteiger charge is -2.28. The minimum atomic E-state index is -0.952. The number of aryl methyl sites for hydroxylation is 1. The molecule has 0 atom stereocenters. The Morgan fingerprint density at radius 3 is 2.52 bits per heavy atom. The fourth-order valence-electron chi connectivity index (χ4n) is 2.00. The summed E-state index contributed by atoms with van der Waals surface area (Å²) in [5, 5.41) is 12.4. The lowest BCUT2D eigenvalue weighted by Crippen LogP contribution is -2.46. The molecule has 0 fully saturated rings. The highest BCUT2D eigenvalue weighted by atomic mass is 16.3. The van der Waals surface area contributed by atoms with Gasteiger partial charge < -0.3 is 15.3 Å². The normalized spacial score (nSPS) is 11.1. The number of hydrogen-bond acceptors (Lipinski definition) is 3. The molecule has 5 nitrogen and oxygen atoms in total. The van der Waals surface area contributed by atoms with Crippen LogP contribution in [0.15, 0.2) is 24.3 Å². The van der Waals surface area contributed by atoms with Crippen LogP contribution >= 0.6 is 0 Å². The van der Waals surface area contributed by atoms with E-state index in [-0.39, 0.29) is 24.9 Å². The van der Waals surface area contributed by atoms with Gasteiger partial charge in [-0.1, -0.05) is 17.7 Å². The molecule has 0 aliphatic heterocycles. The molecule has 0 aliphatic carbocycles. The van der Waals surface area contributed by atoms with Crippen LogP contribution in [0.2, 0.25) is 0 Å². The predicted octanol–water partition coefficient (Wildman–Crippen LogP) is 1.34. The third kappa shape index (κ3) is 5.95. The summed E-state index contributed by atoms with van der Waals surface area (Å²) in [5.74, 6) is -0.480. The van der Waals surface area contributed by atoms with E-state index >= 15 is 0 Å². The second-order valence-corrected chi connectivity index (χ2v) is 5.77. The van der Waals surface area contributed by atoms with Crippen molar-refractivity contribution in [3.8, 4) is 0 Å². The summed E-state index contributed by atoms with van der Waals surface area (Å²) in [7, 11) is 0. The minimum absolute atomic E-state index is 0.0727. The first-order valence-electron chi connectivity index (χ1n) is 7.08. The Balaban J connectivity index is 2.57. The number of benzene rings is 1. The lowest BCUT2D eigenvalue weighted by molar-refractivity contribution is -0.132. The van der Waals surface area contributed by atoms with Gasteiger partial charge in [0.15, 0.2) is 0 Å². The fraction of sp³-hybridized carbons (Fsp3) is 0.500. The molecule has 0 aromatic heterocycles. The summed E-state index contributed by atoms with van der Waals surface area (Å²) in [5.41, 5.74) is 0.575. The predicted molar refractivity (Wildman–Crippen MR) is 82.1 cm³/mol. The Hall–Kier alpha value is -1.88. The number of hydrogen-bond donors (Lipinski definition) is 2. The molecule has 1 aromatic rings. The first kappa shape index (κ1) is 17.2. The number of nitrogens with one attached hydrogen (secondary N) is 1. The number of rotatable bonds is 6. The van der Waals surface area contributed by atoms with Crippen LogP contribution in [0.1, 0.15) is 36.7 Å². The number of carbonyl (C=O) groups is 2. The molecule has 1 aromatic carbocycles. The number of aliphatic hydroxyl groups is 1. The largest absolute Gasteiger partial charge is 0.389 e. The Morgan fingerprint density at radius 1 is 1.33 bits per heavy atom. The molecule has 0 bridgehead atoms. The second kappa shape index (κ2) is 7.22. The molecule has 0 saturated carbocycles. The third-order valence-corrected chi connectivity index (χ3v) is 2.99. The van der Waals surface area contributed by atoms with Crippen molar-refractivity contribution < 1.29 is 14.7 Å². The molecule has 2 amide bonds. The minimum Gasteiger partial charge on any atom is -0.389 e. The van der Waals surface area contributed by atoms with Crippen LogP contribution in [0.5, 0.6) is 0 Å². The Bertz CT molecular complexity index is 506. The quantitative estimate of drug-likeness (QED) is 0.831. The van der Waals surface area contributed by atoms with E-state index in [9.17, 15) is 14.7 Å². The van der Waals surface area contributed by atoms with Gasteiger partial charge in [-0.25, -0.2) is 0 Å². The van der Waals surface area contributed by atoms with Crippen molar-refractivity contribution in [2.24, 2.45) is 0 Å². The molecule has 0 radical (unpaired) electrons. The van der Waals surface area contributed by atoms with E-state index in [1.165, 1.54) is 4.90 Å². The van der Waals surface area contributed by atoms with Crippen molar-refractivity contribution >= 4 is 11.8 Å². The molecule has 0 spiro atoms. The standard InChI is InChI=1S/C16H24N2O3/c1-5-18(11-16(3,4)21)14(19)10-17-15(20)13-8-6-7-12(2)9-13/h6-9,21H,5,10-11H2,1-4H3,(H,17,20). The van der Waals surface area contributed by atoms with Crippen molar-refractivity contribution in [2.75, 3.05) is 19.6 Å².